The Kier molecular flexibility index (Phi) is 5.33. The van der Waals surface area contributed by atoms with Gasteiger partial charge in [0.25, 0.3) is 0 Å². The predicted octanol–water partition coefficient (Wildman–Crippen LogP) is 1.57. The molecule has 0 saturated carbocycles. The molecule has 0 spiro atoms. The maximum atomic E-state index is 12.4. The largest absolute Gasteiger partial charge is 0.368 e. The van der Waals surface area contributed by atoms with E-state index in [1.165, 1.54) is 0 Å². The summed E-state index contributed by atoms with van der Waals surface area (Å²) in [6.07, 6.45) is 5.36. The molecule has 0 aromatic carbocycles. The normalized spacial score (nSPS) is 14.3. The summed E-state index contributed by atoms with van der Waals surface area (Å²) in [4.78, 5) is 26.8. The molecule has 1 saturated heterocycles. The molecule has 0 bridgehead atoms. The summed E-state index contributed by atoms with van der Waals surface area (Å²) in [6, 6.07) is 7.90. The summed E-state index contributed by atoms with van der Waals surface area (Å²) < 4.78 is 0. The van der Waals surface area contributed by atoms with Crippen LogP contribution in [0.15, 0.2) is 42.9 Å². The smallest absolute Gasteiger partial charge is 0.317 e. The van der Waals surface area contributed by atoms with E-state index in [0.717, 1.165) is 30.2 Å². The predicted molar refractivity (Wildman–Crippen MR) is 98.8 cm³/mol. The third kappa shape index (κ3) is 4.37. The summed E-state index contributed by atoms with van der Waals surface area (Å²) in [5.74, 6) is 0.887. The van der Waals surface area contributed by atoms with Crippen molar-refractivity contribution >= 4 is 17.5 Å². The molecule has 0 unspecified atom stereocenters. The Morgan fingerprint density at radius 3 is 2.52 bits per heavy atom. The Labute approximate surface area is 148 Å². The first-order valence-electron chi connectivity index (χ1n) is 8.43. The molecule has 1 N–H and O–H groups in total. The maximum absolute atomic E-state index is 12.4. The monoisotopic (exact) mass is 340 g/mol. The maximum Gasteiger partial charge on any atom is 0.317 e. The van der Waals surface area contributed by atoms with Crippen molar-refractivity contribution in [3.63, 3.8) is 0 Å². The fourth-order valence-corrected chi connectivity index (χ4v) is 2.83. The van der Waals surface area contributed by atoms with Gasteiger partial charge in [-0.15, -0.1) is 0 Å². The van der Waals surface area contributed by atoms with Crippen LogP contribution in [-0.2, 0) is 6.54 Å². The zero-order chi connectivity index (χ0) is 17.6. The van der Waals surface area contributed by atoms with Gasteiger partial charge in [0.05, 0.1) is 0 Å². The van der Waals surface area contributed by atoms with Gasteiger partial charge in [0.2, 0.25) is 0 Å². The number of piperazine rings is 1. The van der Waals surface area contributed by atoms with Crippen LogP contribution in [0.3, 0.4) is 0 Å². The first kappa shape index (κ1) is 17.0. The van der Waals surface area contributed by atoms with Crippen LogP contribution >= 0.6 is 0 Å². The molecule has 0 aliphatic carbocycles. The fourth-order valence-electron chi connectivity index (χ4n) is 2.83. The lowest BCUT2D eigenvalue weighted by molar-refractivity contribution is 0.194. The molecule has 25 heavy (non-hydrogen) atoms. The van der Waals surface area contributed by atoms with E-state index >= 15 is 0 Å². The van der Waals surface area contributed by atoms with Gasteiger partial charge in [-0.1, -0.05) is 0 Å². The number of hydrogen-bond donors (Lipinski definition) is 1. The summed E-state index contributed by atoms with van der Waals surface area (Å²) in [5, 5.41) is 3.00. The van der Waals surface area contributed by atoms with Crippen molar-refractivity contribution < 1.29 is 4.79 Å². The molecule has 0 atom stereocenters. The van der Waals surface area contributed by atoms with Crippen LogP contribution in [0, 0.1) is 0 Å². The summed E-state index contributed by atoms with van der Waals surface area (Å²) in [7, 11) is 3.90. The SMILES string of the molecule is CN(C)c1cc(CNC(=O)N2CCN(c3ccncc3)CC2)ccn1. The summed E-state index contributed by atoms with van der Waals surface area (Å²) in [6.45, 7) is 3.60. The topological polar surface area (TPSA) is 64.6 Å². The lowest BCUT2D eigenvalue weighted by Crippen LogP contribution is -2.51. The highest BCUT2D eigenvalue weighted by Crippen LogP contribution is 2.15. The summed E-state index contributed by atoms with van der Waals surface area (Å²) >= 11 is 0. The van der Waals surface area contributed by atoms with Crippen LogP contribution in [0.4, 0.5) is 16.3 Å². The van der Waals surface area contributed by atoms with Crippen molar-refractivity contribution in [3.05, 3.63) is 48.4 Å². The highest BCUT2D eigenvalue weighted by atomic mass is 16.2. The van der Waals surface area contributed by atoms with E-state index in [9.17, 15) is 4.79 Å². The minimum absolute atomic E-state index is 0.0161. The second-order valence-electron chi connectivity index (χ2n) is 6.25. The lowest BCUT2D eigenvalue weighted by atomic mass is 10.2. The van der Waals surface area contributed by atoms with E-state index < -0.39 is 0 Å². The number of rotatable bonds is 4. The van der Waals surface area contributed by atoms with E-state index in [4.69, 9.17) is 0 Å². The third-order valence-electron chi connectivity index (χ3n) is 4.31. The van der Waals surface area contributed by atoms with E-state index in [0.29, 0.717) is 19.6 Å². The number of carbonyl (C=O) groups is 1. The number of aromatic nitrogens is 2. The molecule has 2 amide bonds. The van der Waals surface area contributed by atoms with Gasteiger partial charge in [0, 0.05) is 71.1 Å². The van der Waals surface area contributed by atoms with Crippen LogP contribution in [0.25, 0.3) is 0 Å². The molecule has 2 aromatic heterocycles. The first-order chi connectivity index (χ1) is 12.1. The van der Waals surface area contributed by atoms with Gasteiger partial charge in [-0.05, 0) is 29.8 Å². The van der Waals surface area contributed by atoms with Gasteiger partial charge in [-0.25, -0.2) is 9.78 Å². The van der Waals surface area contributed by atoms with Gasteiger partial charge in [-0.2, -0.15) is 0 Å². The minimum atomic E-state index is -0.0161. The molecule has 1 aliphatic rings. The number of carbonyl (C=O) groups excluding carboxylic acids is 1. The molecule has 2 aromatic rings. The molecule has 7 nitrogen and oxygen atoms in total. The van der Waals surface area contributed by atoms with Gasteiger partial charge in [0.1, 0.15) is 5.82 Å². The third-order valence-corrected chi connectivity index (χ3v) is 4.31. The number of urea groups is 1. The Hall–Kier alpha value is -2.83. The van der Waals surface area contributed by atoms with Crippen LogP contribution in [0.2, 0.25) is 0 Å². The van der Waals surface area contributed by atoms with Crippen molar-refractivity contribution in [3.8, 4) is 0 Å². The minimum Gasteiger partial charge on any atom is -0.368 e. The number of anilines is 2. The molecule has 7 heteroatoms. The highest BCUT2D eigenvalue weighted by Gasteiger charge is 2.21. The number of nitrogens with zero attached hydrogens (tertiary/aromatic N) is 5. The average Bonchev–Trinajstić information content (AvgIpc) is 2.67. The standard InChI is InChI=1S/C18H24N6O/c1-22(2)17-13-15(3-8-20-17)14-21-18(25)24-11-9-23(10-12-24)16-4-6-19-7-5-16/h3-8,13H,9-12,14H2,1-2H3,(H,21,25). The van der Waals surface area contributed by atoms with Crippen LogP contribution in [0.5, 0.6) is 0 Å². The second-order valence-corrected chi connectivity index (χ2v) is 6.25. The fraction of sp³-hybridized carbons (Fsp3) is 0.389. The second kappa shape index (κ2) is 7.83. The van der Waals surface area contributed by atoms with Crippen LogP contribution in [-0.4, -0.2) is 61.2 Å². The number of pyridine rings is 2. The molecular weight excluding hydrogens is 316 g/mol. The van der Waals surface area contributed by atoms with Gasteiger partial charge in [-0.3, -0.25) is 4.98 Å². The van der Waals surface area contributed by atoms with E-state index in [1.807, 2.05) is 48.2 Å². The average molecular weight is 340 g/mol. The van der Waals surface area contributed by atoms with Crippen LogP contribution < -0.4 is 15.1 Å². The van der Waals surface area contributed by atoms with Crippen molar-refractivity contribution in [2.75, 3.05) is 50.1 Å². The first-order valence-corrected chi connectivity index (χ1v) is 8.43. The van der Waals surface area contributed by atoms with E-state index in [-0.39, 0.29) is 6.03 Å². The van der Waals surface area contributed by atoms with Gasteiger partial charge < -0.3 is 20.0 Å². The van der Waals surface area contributed by atoms with Gasteiger partial charge >= 0.3 is 6.03 Å². The molecule has 132 valence electrons. The zero-order valence-electron chi connectivity index (χ0n) is 14.7. The number of amides is 2. The van der Waals surface area contributed by atoms with Crippen molar-refractivity contribution in [1.82, 2.24) is 20.2 Å². The van der Waals surface area contributed by atoms with Crippen molar-refractivity contribution in [1.29, 1.82) is 0 Å². The van der Waals surface area contributed by atoms with Crippen molar-refractivity contribution in [2.24, 2.45) is 0 Å². The highest BCUT2D eigenvalue weighted by molar-refractivity contribution is 5.74. The Bertz CT molecular complexity index is 698. The Morgan fingerprint density at radius 2 is 1.84 bits per heavy atom. The molecule has 3 rings (SSSR count). The summed E-state index contributed by atoms with van der Waals surface area (Å²) in [5.41, 5.74) is 2.20. The number of nitrogens with one attached hydrogen (secondary N) is 1. The lowest BCUT2D eigenvalue weighted by Gasteiger charge is -2.36. The zero-order valence-corrected chi connectivity index (χ0v) is 14.7. The molecule has 0 radical (unpaired) electrons. The quantitative estimate of drug-likeness (QED) is 0.915. The Morgan fingerprint density at radius 1 is 1.12 bits per heavy atom. The van der Waals surface area contributed by atoms with E-state index in [1.54, 1.807) is 18.6 Å². The molecule has 1 aliphatic heterocycles. The van der Waals surface area contributed by atoms with E-state index in [2.05, 4.69) is 20.2 Å². The molecular formula is C18H24N6O. The van der Waals surface area contributed by atoms with Crippen molar-refractivity contribution in [2.45, 2.75) is 6.54 Å². The van der Waals surface area contributed by atoms with Crippen LogP contribution in [0.1, 0.15) is 5.56 Å². The molecule has 1 fully saturated rings. The van der Waals surface area contributed by atoms with Gasteiger partial charge in [0.15, 0.2) is 0 Å². The molecule has 3 heterocycles. The Balaban J connectivity index is 1.49. The number of hydrogen-bond acceptors (Lipinski definition) is 5.